The molecule has 2 aromatic heterocycles. The number of hydrogen-bond acceptors (Lipinski definition) is 5. The Balaban J connectivity index is 1.49. The van der Waals surface area contributed by atoms with Crippen LogP contribution in [-0.2, 0) is 5.60 Å². The molecule has 0 aliphatic carbocycles. The van der Waals surface area contributed by atoms with E-state index >= 15 is 0 Å². The Hall–Kier alpha value is -2.94. The van der Waals surface area contributed by atoms with Crippen LogP contribution >= 0.6 is 0 Å². The summed E-state index contributed by atoms with van der Waals surface area (Å²) >= 11 is 0. The number of nitrogens with zero attached hydrogens (tertiary/aromatic N) is 5. The lowest BCUT2D eigenvalue weighted by molar-refractivity contribution is 0.0116. The maximum absolute atomic E-state index is 13.1. The first-order valence-corrected chi connectivity index (χ1v) is 8.83. The van der Waals surface area contributed by atoms with Crippen molar-refractivity contribution in [2.45, 2.75) is 25.0 Å². The third-order valence-electron chi connectivity index (χ3n) is 5.02. The lowest BCUT2D eigenvalue weighted by atomic mass is 9.84. The molecule has 0 spiro atoms. The van der Waals surface area contributed by atoms with Crippen LogP contribution in [0.5, 0.6) is 0 Å². The van der Waals surface area contributed by atoms with E-state index in [1.165, 1.54) is 30.7 Å². The first-order chi connectivity index (χ1) is 13.4. The van der Waals surface area contributed by atoms with E-state index in [9.17, 15) is 18.3 Å². The summed E-state index contributed by atoms with van der Waals surface area (Å²) in [6.45, 7) is -1.65. The molecule has 1 N–H and O–H groups in total. The maximum Gasteiger partial charge on any atom is 0.333 e. The standard InChI is InChI=1S/C19H18F3N5O/c20-15-3-1-14(2-4-15)19(28)5-7-26(8-6-19)17-11-23-10-16(25-17)13-9-24-27(12-13)18(21)22/h1-4,9-12,18,28H,5-8H2. The van der Waals surface area contributed by atoms with E-state index in [0.717, 1.165) is 0 Å². The zero-order valence-corrected chi connectivity index (χ0v) is 14.8. The Kier molecular flexibility index (Phi) is 4.76. The van der Waals surface area contributed by atoms with Gasteiger partial charge in [-0.05, 0) is 30.5 Å². The fourth-order valence-electron chi connectivity index (χ4n) is 3.38. The van der Waals surface area contributed by atoms with Gasteiger partial charge in [0.05, 0.1) is 29.9 Å². The average Bonchev–Trinajstić information content (AvgIpc) is 3.20. The van der Waals surface area contributed by atoms with Crippen molar-refractivity contribution in [1.82, 2.24) is 19.7 Å². The van der Waals surface area contributed by atoms with Gasteiger partial charge in [0, 0.05) is 24.8 Å². The first-order valence-electron chi connectivity index (χ1n) is 8.83. The quantitative estimate of drug-likeness (QED) is 0.741. The zero-order valence-electron chi connectivity index (χ0n) is 14.8. The van der Waals surface area contributed by atoms with Crippen molar-refractivity contribution in [3.63, 3.8) is 0 Å². The molecule has 0 bridgehead atoms. The molecule has 146 valence electrons. The Labute approximate surface area is 159 Å². The molecule has 0 saturated carbocycles. The molecule has 3 aromatic rings. The second-order valence-electron chi connectivity index (χ2n) is 6.77. The van der Waals surface area contributed by atoms with E-state index in [0.29, 0.717) is 53.3 Å². The van der Waals surface area contributed by atoms with E-state index in [-0.39, 0.29) is 5.82 Å². The van der Waals surface area contributed by atoms with Gasteiger partial charge < -0.3 is 10.0 Å². The van der Waals surface area contributed by atoms with E-state index in [1.807, 2.05) is 4.90 Å². The van der Waals surface area contributed by atoms with Gasteiger partial charge in [-0.1, -0.05) is 12.1 Å². The van der Waals surface area contributed by atoms with Gasteiger partial charge in [-0.15, -0.1) is 0 Å². The number of anilines is 1. The monoisotopic (exact) mass is 389 g/mol. The molecule has 1 aromatic carbocycles. The summed E-state index contributed by atoms with van der Waals surface area (Å²) in [7, 11) is 0. The normalized spacial score (nSPS) is 16.5. The molecule has 0 unspecified atom stereocenters. The number of rotatable bonds is 4. The Bertz CT molecular complexity index is 952. The molecule has 6 nitrogen and oxygen atoms in total. The highest BCUT2D eigenvalue weighted by Gasteiger charge is 2.34. The van der Waals surface area contributed by atoms with Gasteiger partial charge in [0.25, 0.3) is 0 Å². The number of piperidine rings is 1. The van der Waals surface area contributed by atoms with Crippen LogP contribution in [0.15, 0.2) is 49.1 Å². The Morgan fingerprint density at radius 1 is 1.04 bits per heavy atom. The highest BCUT2D eigenvalue weighted by Crippen LogP contribution is 2.34. The van der Waals surface area contributed by atoms with Crippen molar-refractivity contribution in [3.05, 3.63) is 60.4 Å². The summed E-state index contributed by atoms with van der Waals surface area (Å²) in [6.07, 6.45) is 6.55. The fourth-order valence-corrected chi connectivity index (χ4v) is 3.38. The minimum absolute atomic E-state index is 0.341. The van der Waals surface area contributed by atoms with Crippen molar-refractivity contribution in [2.24, 2.45) is 0 Å². The second kappa shape index (κ2) is 7.23. The summed E-state index contributed by atoms with van der Waals surface area (Å²) < 4.78 is 39.1. The van der Waals surface area contributed by atoms with E-state index < -0.39 is 12.2 Å². The molecule has 0 radical (unpaired) electrons. The van der Waals surface area contributed by atoms with Gasteiger partial charge in [-0.25, -0.2) is 14.1 Å². The predicted molar refractivity (Wildman–Crippen MR) is 96.2 cm³/mol. The maximum atomic E-state index is 13.1. The highest BCUT2D eigenvalue weighted by atomic mass is 19.3. The molecular formula is C19H18F3N5O. The fraction of sp³-hybridized carbons (Fsp3) is 0.316. The highest BCUT2D eigenvalue weighted by molar-refractivity contribution is 5.58. The third-order valence-corrected chi connectivity index (χ3v) is 5.02. The van der Waals surface area contributed by atoms with Crippen LogP contribution in [0.1, 0.15) is 25.0 Å². The summed E-state index contributed by atoms with van der Waals surface area (Å²) in [5, 5.41) is 14.5. The van der Waals surface area contributed by atoms with Crippen molar-refractivity contribution in [3.8, 4) is 11.3 Å². The molecule has 3 heterocycles. The molecule has 1 saturated heterocycles. The number of halogens is 3. The molecule has 1 aliphatic rings. The lowest BCUT2D eigenvalue weighted by Gasteiger charge is -2.39. The number of aromatic nitrogens is 4. The number of benzene rings is 1. The zero-order chi connectivity index (χ0) is 19.7. The number of aliphatic hydroxyl groups is 1. The van der Waals surface area contributed by atoms with Crippen LogP contribution in [0.4, 0.5) is 19.0 Å². The van der Waals surface area contributed by atoms with Crippen LogP contribution in [0.2, 0.25) is 0 Å². The minimum atomic E-state index is -2.71. The largest absolute Gasteiger partial charge is 0.385 e. The molecule has 1 aliphatic heterocycles. The summed E-state index contributed by atoms with van der Waals surface area (Å²) in [5.41, 5.74) is 0.569. The van der Waals surface area contributed by atoms with Crippen molar-refractivity contribution in [2.75, 3.05) is 18.0 Å². The van der Waals surface area contributed by atoms with E-state index in [2.05, 4.69) is 15.1 Å². The topological polar surface area (TPSA) is 67.1 Å². The summed E-state index contributed by atoms with van der Waals surface area (Å²) in [5.74, 6) is 0.260. The van der Waals surface area contributed by atoms with E-state index in [1.54, 1.807) is 18.3 Å². The molecule has 1 fully saturated rings. The average molecular weight is 389 g/mol. The van der Waals surface area contributed by atoms with Crippen molar-refractivity contribution >= 4 is 5.82 Å². The van der Waals surface area contributed by atoms with Gasteiger partial charge in [0.1, 0.15) is 11.6 Å². The Morgan fingerprint density at radius 3 is 2.39 bits per heavy atom. The molecule has 0 atom stereocenters. The lowest BCUT2D eigenvalue weighted by Crippen LogP contribution is -2.43. The van der Waals surface area contributed by atoms with Crippen LogP contribution < -0.4 is 4.90 Å². The molecule has 9 heteroatoms. The van der Waals surface area contributed by atoms with Crippen LogP contribution in [0.3, 0.4) is 0 Å². The van der Waals surface area contributed by atoms with Crippen LogP contribution in [-0.4, -0.2) is 37.9 Å². The summed E-state index contributed by atoms with van der Waals surface area (Å²) in [4.78, 5) is 10.6. The second-order valence-corrected chi connectivity index (χ2v) is 6.77. The number of alkyl halides is 2. The van der Waals surface area contributed by atoms with Crippen LogP contribution in [0, 0.1) is 5.82 Å². The smallest absolute Gasteiger partial charge is 0.333 e. The SMILES string of the molecule is OC1(c2ccc(F)cc2)CCN(c2cncc(-c3cnn(C(F)F)c3)n2)CC1. The Morgan fingerprint density at radius 2 is 1.75 bits per heavy atom. The van der Waals surface area contributed by atoms with Gasteiger partial charge in [-0.3, -0.25) is 4.98 Å². The first kappa shape index (κ1) is 18.4. The van der Waals surface area contributed by atoms with Crippen molar-refractivity contribution < 1.29 is 18.3 Å². The predicted octanol–water partition coefficient (Wildman–Crippen LogP) is 3.36. The minimum Gasteiger partial charge on any atom is -0.385 e. The molecule has 28 heavy (non-hydrogen) atoms. The summed E-state index contributed by atoms with van der Waals surface area (Å²) in [6, 6.07) is 5.89. The van der Waals surface area contributed by atoms with Gasteiger partial charge in [-0.2, -0.15) is 13.9 Å². The molecule has 4 rings (SSSR count). The third kappa shape index (κ3) is 3.57. The van der Waals surface area contributed by atoms with Crippen LogP contribution in [0.25, 0.3) is 11.3 Å². The molecular weight excluding hydrogens is 371 g/mol. The van der Waals surface area contributed by atoms with E-state index in [4.69, 9.17) is 0 Å². The number of hydrogen-bond donors (Lipinski definition) is 1. The molecule has 0 amide bonds. The van der Waals surface area contributed by atoms with Gasteiger partial charge in [0.2, 0.25) is 0 Å². The van der Waals surface area contributed by atoms with Gasteiger partial charge >= 0.3 is 6.55 Å². The van der Waals surface area contributed by atoms with Crippen molar-refractivity contribution in [1.29, 1.82) is 0 Å². The van der Waals surface area contributed by atoms with Gasteiger partial charge in [0.15, 0.2) is 0 Å².